The summed E-state index contributed by atoms with van der Waals surface area (Å²) in [5, 5.41) is 3.91. The van der Waals surface area contributed by atoms with Crippen LogP contribution < -0.4 is 11.1 Å². The molecule has 2 rings (SSSR count). The van der Waals surface area contributed by atoms with Gasteiger partial charge in [-0.05, 0) is 18.3 Å². The Morgan fingerprint density at radius 2 is 2.11 bits per heavy atom. The van der Waals surface area contributed by atoms with Crippen LogP contribution in [0, 0.1) is 11.8 Å². The van der Waals surface area contributed by atoms with Gasteiger partial charge in [0.15, 0.2) is 5.13 Å². The molecule has 0 spiro atoms. The van der Waals surface area contributed by atoms with Crippen molar-refractivity contribution in [3.63, 3.8) is 0 Å². The molecule has 0 saturated carbocycles. The zero-order valence-electron chi connectivity index (χ0n) is 11.8. The second-order valence-corrected chi connectivity index (χ2v) is 6.32. The van der Waals surface area contributed by atoms with E-state index in [1.165, 1.54) is 11.3 Å². The van der Waals surface area contributed by atoms with Crippen LogP contribution in [0.25, 0.3) is 0 Å². The summed E-state index contributed by atoms with van der Waals surface area (Å²) in [7, 11) is 0. The quantitative estimate of drug-likeness (QED) is 0.888. The number of carbonyl (C=O) groups is 1. The highest BCUT2D eigenvalue weighted by Crippen LogP contribution is 2.30. The first-order valence-corrected chi connectivity index (χ1v) is 7.64. The SMILES string of the molecule is CCCNc1nc(N)c(C(=O)N2CC(C)C(C)C2)s1. The largest absolute Gasteiger partial charge is 0.382 e. The molecule has 106 valence electrons. The number of thiazole rings is 1. The van der Waals surface area contributed by atoms with Crippen LogP contribution in [0.5, 0.6) is 0 Å². The molecule has 1 amide bonds. The number of hydrogen-bond donors (Lipinski definition) is 2. The van der Waals surface area contributed by atoms with Crippen molar-refractivity contribution < 1.29 is 4.79 Å². The van der Waals surface area contributed by atoms with Gasteiger partial charge in [-0.3, -0.25) is 4.79 Å². The van der Waals surface area contributed by atoms with Crippen LogP contribution in [0.2, 0.25) is 0 Å². The average Bonchev–Trinajstić information content (AvgIpc) is 2.90. The molecule has 0 bridgehead atoms. The lowest BCUT2D eigenvalue weighted by Gasteiger charge is -2.14. The van der Waals surface area contributed by atoms with Gasteiger partial charge in [0, 0.05) is 19.6 Å². The Morgan fingerprint density at radius 3 is 2.68 bits per heavy atom. The lowest BCUT2D eigenvalue weighted by molar-refractivity contribution is 0.0790. The van der Waals surface area contributed by atoms with Crippen LogP contribution in [0.3, 0.4) is 0 Å². The third-order valence-electron chi connectivity index (χ3n) is 3.65. The van der Waals surface area contributed by atoms with Crippen LogP contribution in [0.1, 0.15) is 36.9 Å². The van der Waals surface area contributed by atoms with Crippen molar-refractivity contribution >= 4 is 28.2 Å². The van der Waals surface area contributed by atoms with Gasteiger partial charge in [0.25, 0.3) is 5.91 Å². The number of hydrogen-bond acceptors (Lipinski definition) is 5. The lowest BCUT2D eigenvalue weighted by Crippen LogP contribution is -2.28. The fourth-order valence-electron chi connectivity index (χ4n) is 2.23. The Labute approximate surface area is 118 Å². The summed E-state index contributed by atoms with van der Waals surface area (Å²) in [6.45, 7) is 8.93. The topological polar surface area (TPSA) is 71.2 Å². The van der Waals surface area contributed by atoms with Gasteiger partial charge in [-0.1, -0.05) is 32.1 Å². The molecule has 1 saturated heterocycles. The molecule has 5 nitrogen and oxygen atoms in total. The maximum absolute atomic E-state index is 12.4. The highest BCUT2D eigenvalue weighted by Gasteiger charge is 2.31. The predicted molar refractivity (Wildman–Crippen MR) is 79.5 cm³/mol. The number of amides is 1. The molecule has 1 aromatic rings. The second-order valence-electron chi connectivity index (χ2n) is 5.32. The van der Waals surface area contributed by atoms with Crippen LogP contribution in [-0.4, -0.2) is 35.4 Å². The van der Waals surface area contributed by atoms with Gasteiger partial charge >= 0.3 is 0 Å². The van der Waals surface area contributed by atoms with Gasteiger partial charge in [0.05, 0.1) is 0 Å². The molecule has 1 aliphatic rings. The van der Waals surface area contributed by atoms with Gasteiger partial charge in [0.1, 0.15) is 10.7 Å². The normalized spacial score (nSPS) is 22.8. The number of carbonyl (C=O) groups excluding carboxylic acids is 1. The molecular formula is C13H22N4OS. The summed E-state index contributed by atoms with van der Waals surface area (Å²) in [4.78, 5) is 19.1. The van der Waals surface area contributed by atoms with Gasteiger partial charge < -0.3 is 16.0 Å². The van der Waals surface area contributed by atoms with E-state index < -0.39 is 0 Å². The lowest BCUT2D eigenvalue weighted by atomic mass is 10.0. The van der Waals surface area contributed by atoms with E-state index in [0.29, 0.717) is 22.5 Å². The molecule has 1 aliphatic heterocycles. The van der Waals surface area contributed by atoms with Crippen LogP contribution >= 0.6 is 11.3 Å². The summed E-state index contributed by atoms with van der Waals surface area (Å²) < 4.78 is 0. The average molecular weight is 282 g/mol. The van der Waals surface area contributed by atoms with Gasteiger partial charge in [-0.15, -0.1) is 0 Å². The maximum Gasteiger partial charge on any atom is 0.267 e. The van der Waals surface area contributed by atoms with Gasteiger partial charge in [-0.2, -0.15) is 0 Å². The Balaban J connectivity index is 2.09. The fourth-order valence-corrected chi connectivity index (χ4v) is 3.11. The molecule has 6 heteroatoms. The number of aromatic nitrogens is 1. The molecular weight excluding hydrogens is 260 g/mol. The van der Waals surface area contributed by atoms with E-state index in [1.807, 2.05) is 4.90 Å². The van der Waals surface area contributed by atoms with Crippen molar-refractivity contribution in [1.29, 1.82) is 0 Å². The van der Waals surface area contributed by atoms with Crippen LogP contribution in [0.4, 0.5) is 10.9 Å². The van der Waals surface area contributed by atoms with Crippen LogP contribution in [-0.2, 0) is 0 Å². The fraction of sp³-hybridized carbons (Fsp3) is 0.692. The second kappa shape index (κ2) is 5.77. The minimum atomic E-state index is 0.0238. The number of nitrogen functional groups attached to an aromatic ring is 1. The summed E-state index contributed by atoms with van der Waals surface area (Å²) >= 11 is 1.36. The summed E-state index contributed by atoms with van der Waals surface area (Å²) in [6, 6.07) is 0. The van der Waals surface area contributed by atoms with E-state index in [2.05, 4.69) is 31.1 Å². The number of nitrogens with one attached hydrogen (secondary N) is 1. The van der Waals surface area contributed by atoms with Crippen molar-refractivity contribution in [2.24, 2.45) is 11.8 Å². The molecule has 0 aromatic carbocycles. The third kappa shape index (κ3) is 3.00. The number of anilines is 2. The van der Waals surface area contributed by atoms with Gasteiger partial charge in [0.2, 0.25) is 0 Å². The minimum absolute atomic E-state index is 0.0238. The zero-order chi connectivity index (χ0) is 14.0. The highest BCUT2D eigenvalue weighted by molar-refractivity contribution is 7.18. The molecule has 19 heavy (non-hydrogen) atoms. The maximum atomic E-state index is 12.4. The van der Waals surface area contributed by atoms with Gasteiger partial charge in [-0.25, -0.2) is 4.98 Å². The van der Waals surface area contributed by atoms with E-state index in [9.17, 15) is 4.79 Å². The molecule has 2 atom stereocenters. The van der Waals surface area contributed by atoms with Crippen molar-refractivity contribution in [3.8, 4) is 0 Å². The summed E-state index contributed by atoms with van der Waals surface area (Å²) in [6.07, 6.45) is 1.02. The van der Waals surface area contributed by atoms with E-state index in [0.717, 1.165) is 31.2 Å². The molecule has 2 unspecified atom stereocenters. The van der Waals surface area contributed by atoms with E-state index in [4.69, 9.17) is 5.73 Å². The molecule has 0 radical (unpaired) electrons. The number of rotatable bonds is 4. The van der Waals surface area contributed by atoms with Crippen molar-refractivity contribution in [3.05, 3.63) is 4.88 Å². The molecule has 2 heterocycles. The number of likely N-dealkylation sites (tertiary alicyclic amines) is 1. The first kappa shape index (κ1) is 14.1. The van der Waals surface area contributed by atoms with E-state index in [-0.39, 0.29) is 5.91 Å². The van der Waals surface area contributed by atoms with Crippen LogP contribution in [0.15, 0.2) is 0 Å². The molecule has 3 N–H and O–H groups in total. The summed E-state index contributed by atoms with van der Waals surface area (Å²) in [5.74, 6) is 1.48. The predicted octanol–water partition coefficient (Wildman–Crippen LogP) is 2.28. The number of nitrogens with zero attached hydrogens (tertiary/aromatic N) is 2. The molecule has 1 aromatic heterocycles. The first-order valence-electron chi connectivity index (χ1n) is 6.82. The third-order valence-corrected chi connectivity index (χ3v) is 4.67. The summed E-state index contributed by atoms with van der Waals surface area (Å²) in [5.41, 5.74) is 5.86. The standard InChI is InChI=1S/C13H22N4OS/c1-4-5-15-13-16-11(14)10(19-13)12(18)17-6-8(2)9(3)7-17/h8-9H,4-7,14H2,1-3H3,(H,15,16). The monoisotopic (exact) mass is 282 g/mol. The van der Waals surface area contributed by atoms with E-state index in [1.54, 1.807) is 0 Å². The Hall–Kier alpha value is -1.30. The molecule has 1 fully saturated rings. The van der Waals surface area contributed by atoms with Crippen molar-refractivity contribution in [2.45, 2.75) is 27.2 Å². The zero-order valence-corrected chi connectivity index (χ0v) is 12.6. The van der Waals surface area contributed by atoms with Crippen molar-refractivity contribution in [2.75, 3.05) is 30.7 Å². The minimum Gasteiger partial charge on any atom is -0.382 e. The first-order chi connectivity index (χ1) is 9.02. The Kier molecular flexibility index (Phi) is 4.29. The molecule has 0 aliphatic carbocycles. The highest BCUT2D eigenvalue weighted by atomic mass is 32.1. The Morgan fingerprint density at radius 1 is 1.47 bits per heavy atom. The smallest absolute Gasteiger partial charge is 0.267 e. The number of nitrogens with two attached hydrogens (primary N) is 1. The van der Waals surface area contributed by atoms with E-state index >= 15 is 0 Å². The Bertz CT molecular complexity index is 449. The van der Waals surface area contributed by atoms with Crippen molar-refractivity contribution in [1.82, 2.24) is 9.88 Å².